The Morgan fingerprint density at radius 1 is 1.54 bits per heavy atom. The normalized spacial score (nSPS) is 12.6. The van der Waals surface area contributed by atoms with Crippen molar-refractivity contribution in [1.82, 2.24) is 0 Å². The van der Waals surface area contributed by atoms with Crippen molar-refractivity contribution in [3.8, 4) is 0 Å². The Labute approximate surface area is 101 Å². The molecule has 1 rings (SSSR count). The molecule has 0 saturated heterocycles. The first kappa shape index (κ1) is 11.3. The smallest absolute Gasteiger partial charge is 0.181 e. The summed E-state index contributed by atoms with van der Waals surface area (Å²) in [7, 11) is 0. The van der Waals surface area contributed by atoms with Gasteiger partial charge >= 0.3 is 0 Å². The zero-order chi connectivity index (χ0) is 10.0. The maximum Gasteiger partial charge on any atom is 0.181 e. The largest absolute Gasteiger partial charge is 0.292 e. The lowest BCUT2D eigenvalue weighted by molar-refractivity contribution is 0.0991. The van der Waals surface area contributed by atoms with Crippen molar-refractivity contribution in [2.45, 2.75) is 12.3 Å². The van der Waals surface area contributed by atoms with Crippen LogP contribution in [-0.4, -0.2) is 11.2 Å². The first-order valence-electron chi connectivity index (χ1n) is 3.65. The lowest BCUT2D eigenvalue weighted by atomic mass is 10.1. The molecular formula is C9H7Cl2IO. The van der Waals surface area contributed by atoms with Crippen molar-refractivity contribution in [3.05, 3.63) is 32.4 Å². The van der Waals surface area contributed by atoms with Crippen molar-refractivity contribution < 1.29 is 4.79 Å². The van der Waals surface area contributed by atoms with Gasteiger partial charge in [-0.25, -0.2) is 0 Å². The summed E-state index contributed by atoms with van der Waals surface area (Å²) in [6.07, 6.45) is 0. The van der Waals surface area contributed by atoms with Gasteiger partial charge in [-0.15, -0.1) is 11.6 Å². The summed E-state index contributed by atoms with van der Waals surface area (Å²) in [6, 6.07) is 5.19. The van der Waals surface area contributed by atoms with Crippen LogP contribution in [0.15, 0.2) is 18.2 Å². The zero-order valence-electron chi connectivity index (χ0n) is 6.85. The molecular weight excluding hydrogens is 322 g/mol. The molecule has 1 aromatic rings. The first-order valence-corrected chi connectivity index (χ1v) is 5.55. The summed E-state index contributed by atoms with van der Waals surface area (Å²) >= 11 is 13.5. The third-order valence-corrected chi connectivity index (χ3v) is 2.93. The molecule has 0 aliphatic rings. The summed E-state index contributed by atoms with van der Waals surface area (Å²) in [5.74, 6) is -0.0893. The second-order valence-corrected chi connectivity index (χ2v) is 4.86. The molecule has 13 heavy (non-hydrogen) atoms. The average Bonchev–Trinajstić information content (AvgIpc) is 2.08. The van der Waals surface area contributed by atoms with Crippen LogP contribution in [0.3, 0.4) is 0 Å². The summed E-state index contributed by atoms with van der Waals surface area (Å²) in [5, 5.41) is 0.0491. The number of carbonyl (C=O) groups is 1. The number of benzene rings is 1. The van der Waals surface area contributed by atoms with E-state index in [1.54, 1.807) is 25.1 Å². The summed E-state index contributed by atoms with van der Waals surface area (Å²) in [4.78, 5) is 11.5. The summed E-state index contributed by atoms with van der Waals surface area (Å²) in [5.41, 5.74) is 0.593. The number of hydrogen-bond donors (Lipinski definition) is 0. The minimum absolute atomic E-state index is 0.0893. The van der Waals surface area contributed by atoms with Gasteiger partial charge in [-0.05, 0) is 47.7 Å². The Bertz CT molecular complexity index is 336. The van der Waals surface area contributed by atoms with Crippen LogP contribution < -0.4 is 0 Å². The molecule has 0 aromatic heterocycles. The van der Waals surface area contributed by atoms with Gasteiger partial charge in [0.1, 0.15) is 0 Å². The van der Waals surface area contributed by atoms with Crippen LogP contribution in [0.4, 0.5) is 0 Å². The van der Waals surface area contributed by atoms with Crippen LogP contribution in [0, 0.1) is 3.57 Å². The molecule has 0 aliphatic carbocycles. The van der Waals surface area contributed by atoms with E-state index < -0.39 is 5.38 Å². The molecule has 1 aromatic carbocycles. The van der Waals surface area contributed by atoms with E-state index in [-0.39, 0.29) is 5.78 Å². The van der Waals surface area contributed by atoms with Crippen molar-refractivity contribution in [2.24, 2.45) is 0 Å². The Hall–Kier alpha value is 0.200. The topological polar surface area (TPSA) is 17.1 Å². The van der Waals surface area contributed by atoms with Gasteiger partial charge in [0.2, 0.25) is 0 Å². The van der Waals surface area contributed by atoms with E-state index in [9.17, 15) is 4.79 Å². The number of Topliss-reactive ketones (excluding diaryl/α,β-unsaturated/α-hetero) is 1. The summed E-state index contributed by atoms with van der Waals surface area (Å²) < 4.78 is 0.875. The monoisotopic (exact) mass is 328 g/mol. The molecule has 4 heteroatoms. The number of ketones is 1. The first-order chi connectivity index (χ1) is 6.02. The lowest BCUT2D eigenvalue weighted by Crippen LogP contribution is -2.11. The standard InChI is InChI=1S/C9H7Cl2IO/c1-5(10)9(13)7-4-6(11)2-3-8(7)12/h2-5H,1H3. The van der Waals surface area contributed by atoms with Crippen LogP contribution >= 0.6 is 45.8 Å². The third kappa shape index (κ3) is 2.82. The van der Waals surface area contributed by atoms with Crippen molar-refractivity contribution in [3.63, 3.8) is 0 Å². The molecule has 1 unspecified atom stereocenters. The lowest BCUT2D eigenvalue weighted by Gasteiger charge is -2.05. The molecule has 0 heterocycles. The summed E-state index contributed by atoms with van der Waals surface area (Å²) in [6.45, 7) is 1.65. The Kier molecular flexibility index (Phi) is 4.01. The number of rotatable bonds is 2. The van der Waals surface area contributed by atoms with E-state index >= 15 is 0 Å². The Morgan fingerprint density at radius 3 is 2.69 bits per heavy atom. The highest BCUT2D eigenvalue weighted by atomic mass is 127. The van der Waals surface area contributed by atoms with Gasteiger partial charge in [-0.3, -0.25) is 4.79 Å². The second kappa shape index (κ2) is 4.62. The second-order valence-electron chi connectivity index (χ2n) is 2.60. The van der Waals surface area contributed by atoms with Crippen LogP contribution in [0.1, 0.15) is 17.3 Å². The fourth-order valence-corrected chi connectivity index (χ4v) is 1.79. The zero-order valence-corrected chi connectivity index (χ0v) is 10.5. The molecule has 0 aliphatic heterocycles. The van der Waals surface area contributed by atoms with Gasteiger partial charge in [-0.2, -0.15) is 0 Å². The Morgan fingerprint density at radius 2 is 2.15 bits per heavy atom. The van der Waals surface area contributed by atoms with E-state index in [2.05, 4.69) is 22.6 Å². The molecule has 0 fully saturated rings. The molecule has 0 amide bonds. The highest BCUT2D eigenvalue weighted by Crippen LogP contribution is 2.20. The quantitative estimate of drug-likeness (QED) is 0.459. The van der Waals surface area contributed by atoms with Crippen molar-refractivity contribution in [1.29, 1.82) is 0 Å². The molecule has 0 radical (unpaired) electrons. The van der Waals surface area contributed by atoms with Crippen molar-refractivity contribution in [2.75, 3.05) is 0 Å². The fourth-order valence-electron chi connectivity index (χ4n) is 0.901. The maximum atomic E-state index is 11.5. The van der Waals surface area contributed by atoms with Gasteiger partial charge in [0, 0.05) is 14.2 Å². The minimum atomic E-state index is -0.507. The van der Waals surface area contributed by atoms with Gasteiger partial charge < -0.3 is 0 Å². The minimum Gasteiger partial charge on any atom is -0.292 e. The average molecular weight is 329 g/mol. The number of alkyl halides is 1. The highest BCUT2D eigenvalue weighted by molar-refractivity contribution is 14.1. The van der Waals surface area contributed by atoms with E-state index in [1.165, 1.54) is 0 Å². The fraction of sp³-hybridized carbons (Fsp3) is 0.222. The number of hydrogen-bond acceptors (Lipinski definition) is 1. The van der Waals surface area contributed by atoms with E-state index in [0.717, 1.165) is 3.57 Å². The predicted octanol–water partition coefficient (Wildman–Crippen LogP) is 3.75. The molecule has 0 saturated carbocycles. The number of halogens is 3. The molecule has 0 N–H and O–H groups in total. The van der Waals surface area contributed by atoms with Gasteiger partial charge in [0.25, 0.3) is 0 Å². The third-order valence-electron chi connectivity index (χ3n) is 1.56. The van der Waals surface area contributed by atoms with E-state index in [4.69, 9.17) is 23.2 Å². The van der Waals surface area contributed by atoms with E-state index in [1.807, 2.05) is 0 Å². The molecule has 1 atom stereocenters. The molecule has 1 nitrogen and oxygen atoms in total. The molecule has 70 valence electrons. The van der Waals surface area contributed by atoms with Gasteiger partial charge in [-0.1, -0.05) is 11.6 Å². The van der Waals surface area contributed by atoms with Crippen LogP contribution in [-0.2, 0) is 0 Å². The number of carbonyl (C=O) groups excluding carboxylic acids is 1. The Balaban J connectivity index is 3.13. The van der Waals surface area contributed by atoms with Crippen LogP contribution in [0.2, 0.25) is 5.02 Å². The van der Waals surface area contributed by atoms with Crippen molar-refractivity contribution >= 4 is 51.6 Å². The van der Waals surface area contributed by atoms with Gasteiger partial charge in [0.15, 0.2) is 5.78 Å². The van der Waals surface area contributed by atoms with E-state index in [0.29, 0.717) is 10.6 Å². The molecule has 0 spiro atoms. The van der Waals surface area contributed by atoms with Crippen LogP contribution in [0.25, 0.3) is 0 Å². The molecule has 0 bridgehead atoms. The maximum absolute atomic E-state index is 11.5. The predicted molar refractivity (Wildman–Crippen MR) is 63.8 cm³/mol. The van der Waals surface area contributed by atoms with Gasteiger partial charge in [0.05, 0.1) is 5.38 Å². The van der Waals surface area contributed by atoms with Crippen LogP contribution in [0.5, 0.6) is 0 Å². The SMILES string of the molecule is CC(Cl)C(=O)c1cc(Cl)ccc1I. The highest BCUT2D eigenvalue weighted by Gasteiger charge is 2.15.